The van der Waals surface area contributed by atoms with Crippen LogP contribution in [0, 0.1) is 0 Å². The number of rotatable bonds is 3. The third-order valence-corrected chi connectivity index (χ3v) is 2.64. The maximum atomic E-state index is 10.9. The number of hydrogen-bond donors (Lipinski definition) is 2. The smallest absolute Gasteiger partial charge is 0.221 e. The van der Waals surface area contributed by atoms with Crippen molar-refractivity contribution < 1.29 is 4.79 Å². The van der Waals surface area contributed by atoms with Crippen molar-refractivity contribution in [2.75, 3.05) is 11.1 Å². The lowest BCUT2D eigenvalue weighted by Gasteiger charge is -2.01. The summed E-state index contributed by atoms with van der Waals surface area (Å²) in [5, 5.41) is 2.74. The van der Waals surface area contributed by atoms with E-state index in [-0.39, 0.29) is 5.91 Å². The van der Waals surface area contributed by atoms with Gasteiger partial charge in [-0.25, -0.2) is 0 Å². The molecule has 2 aromatic rings. The molecule has 0 aromatic heterocycles. The van der Waals surface area contributed by atoms with Gasteiger partial charge in [-0.15, -0.1) is 0 Å². The van der Waals surface area contributed by atoms with Gasteiger partial charge in [0.1, 0.15) is 0 Å². The lowest BCUT2D eigenvalue weighted by molar-refractivity contribution is -0.114. The lowest BCUT2D eigenvalue weighted by atomic mass is 10.1. The average Bonchev–Trinajstić information content (AvgIpc) is 2.39. The van der Waals surface area contributed by atoms with Crippen molar-refractivity contribution >= 4 is 29.4 Å². The predicted octanol–water partition coefficient (Wildman–Crippen LogP) is 3.40. The van der Waals surface area contributed by atoms with Gasteiger partial charge in [-0.05, 0) is 35.4 Å². The zero-order chi connectivity index (χ0) is 13.7. The fourth-order valence-electron chi connectivity index (χ4n) is 1.68. The molecule has 0 fully saturated rings. The minimum absolute atomic E-state index is 0.0647. The van der Waals surface area contributed by atoms with Gasteiger partial charge in [-0.1, -0.05) is 36.4 Å². The van der Waals surface area contributed by atoms with Crippen LogP contribution in [0.2, 0.25) is 0 Å². The summed E-state index contributed by atoms with van der Waals surface area (Å²) in [5.74, 6) is -0.0647. The highest BCUT2D eigenvalue weighted by molar-refractivity contribution is 5.88. The maximum absolute atomic E-state index is 10.9. The molecule has 0 radical (unpaired) electrons. The Kier molecular flexibility index (Phi) is 3.98. The number of benzene rings is 2. The summed E-state index contributed by atoms with van der Waals surface area (Å²) < 4.78 is 0. The van der Waals surface area contributed by atoms with Crippen LogP contribution in [0.1, 0.15) is 18.1 Å². The number of nitrogens with two attached hydrogens (primary N) is 1. The first-order valence-electron chi connectivity index (χ1n) is 6.05. The van der Waals surface area contributed by atoms with Crippen molar-refractivity contribution in [2.45, 2.75) is 6.92 Å². The van der Waals surface area contributed by atoms with Gasteiger partial charge in [0.05, 0.1) is 0 Å². The number of hydrogen-bond acceptors (Lipinski definition) is 2. The molecule has 3 N–H and O–H groups in total. The van der Waals surface area contributed by atoms with Gasteiger partial charge in [0.25, 0.3) is 0 Å². The summed E-state index contributed by atoms with van der Waals surface area (Å²) in [5.41, 5.74) is 9.37. The Bertz CT molecular complexity index is 583. The summed E-state index contributed by atoms with van der Waals surface area (Å²) in [6, 6.07) is 15.4. The van der Waals surface area contributed by atoms with Gasteiger partial charge in [-0.2, -0.15) is 0 Å². The van der Waals surface area contributed by atoms with E-state index in [1.165, 1.54) is 6.92 Å². The highest BCUT2D eigenvalue weighted by Crippen LogP contribution is 2.13. The molecule has 0 spiro atoms. The Morgan fingerprint density at radius 1 is 0.947 bits per heavy atom. The minimum atomic E-state index is -0.0647. The Labute approximate surface area is 112 Å². The van der Waals surface area contributed by atoms with Crippen molar-refractivity contribution in [3.05, 3.63) is 59.7 Å². The third kappa shape index (κ3) is 4.00. The van der Waals surface area contributed by atoms with Crippen LogP contribution in [-0.4, -0.2) is 5.91 Å². The molecule has 0 bridgehead atoms. The van der Waals surface area contributed by atoms with Crippen LogP contribution < -0.4 is 11.1 Å². The maximum Gasteiger partial charge on any atom is 0.221 e. The van der Waals surface area contributed by atoms with Crippen LogP contribution in [0.3, 0.4) is 0 Å². The SMILES string of the molecule is CC(=O)Nc1ccc(C=Cc2ccc(N)cc2)cc1. The highest BCUT2D eigenvalue weighted by Gasteiger charge is 1.94. The summed E-state index contributed by atoms with van der Waals surface area (Å²) in [7, 11) is 0. The van der Waals surface area contributed by atoms with E-state index in [9.17, 15) is 4.79 Å². The molecule has 0 aliphatic heterocycles. The van der Waals surface area contributed by atoms with E-state index in [0.717, 1.165) is 22.5 Å². The molecule has 3 nitrogen and oxygen atoms in total. The second-order valence-electron chi connectivity index (χ2n) is 4.30. The zero-order valence-electron chi connectivity index (χ0n) is 10.8. The van der Waals surface area contributed by atoms with Crippen LogP contribution in [-0.2, 0) is 4.79 Å². The topological polar surface area (TPSA) is 55.1 Å². The normalized spacial score (nSPS) is 10.6. The van der Waals surface area contributed by atoms with E-state index < -0.39 is 0 Å². The molecule has 1 amide bonds. The number of carbonyl (C=O) groups is 1. The quantitative estimate of drug-likeness (QED) is 0.649. The van der Waals surface area contributed by atoms with Crippen molar-refractivity contribution in [1.29, 1.82) is 0 Å². The lowest BCUT2D eigenvalue weighted by Crippen LogP contribution is -2.05. The number of anilines is 2. The van der Waals surface area contributed by atoms with Crippen molar-refractivity contribution in [2.24, 2.45) is 0 Å². The summed E-state index contributed by atoms with van der Waals surface area (Å²) in [6.45, 7) is 1.49. The van der Waals surface area contributed by atoms with Crippen molar-refractivity contribution in [3.8, 4) is 0 Å². The molecule has 0 saturated heterocycles. The minimum Gasteiger partial charge on any atom is -0.399 e. The van der Waals surface area contributed by atoms with Crippen molar-refractivity contribution in [3.63, 3.8) is 0 Å². The Balaban J connectivity index is 2.06. The van der Waals surface area contributed by atoms with E-state index in [2.05, 4.69) is 5.32 Å². The molecule has 0 saturated carbocycles. The largest absolute Gasteiger partial charge is 0.399 e. The monoisotopic (exact) mass is 252 g/mol. The molecule has 0 aliphatic rings. The number of nitrogens with one attached hydrogen (secondary N) is 1. The predicted molar refractivity (Wildman–Crippen MR) is 80.5 cm³/mol. The Morgan fingerprint density at radius 3 is 1.89 bits per heavy atom. The van der Waals surface area contributed by atoms with E-state index >= 15 is 0 Å². The number of amides is 1. The summed E-state index contributed by atoms with van der Waals surface area (Å²) in [6.07, 6.45) is 4.04. The van der Waals surface area contributed by atoms with E-state index in [4.69, 9.17) is 5.73 Å². The van der Waals surface area contributed by atoms with Gasteiger partial charge < -0.3 is 11.1 Å². The zero-order valence-corrected chi connectivity index (χ0v) is 10.8. The van der Waals surface area contributed by atoms with Crippen LogP contribution in [0.25, 0.3) is 12.2 Å². The van der Waals surface area contributed by atoms with Crippen molar-refractivity contribution in [1.82, 2.24) is 0 Å². The summed E-state index contributed by atoms with van der Waals surface area (Å²) >= 11 is 0. The van der Waals surface area contributed by atoms with E-state index in [1.807, 2.05) is 60.7 Å². The van der Waals surface area contributed by atoms with E-state index in [0.29, 0.717) is 0 Å². The molecular weight excluding hydrogens is 236 g/mol. The van der Waals surface area contributed by atoms with E-state index in [1.54, 1.807) is 0 Å². The second kappa shape index (κ2) is 5.87. The van der Waals surface area contributed by atoms with Crippen LogP contribution in [0.5, 0.6) is 0 Å². The fourth-order valence-corrected chi connectivity index (χ4v) is 1.68. The average molecular weight is 252 g/mol. The molecular formula is C16H16N2O. The molecule has 0 unspecified atom stereocenters. The molecule has 0 atom stereocenters. The first kappa shape index (κ1) is 12.9. The Morgan fingerprint density at radius 2 is 1.42 bits per heavy atom. The second-order valence-corrected chi connectivity index (χ2v) is 4.30. The van der Waals surface area contributed by atoms with Crippen LogP contribution in [0.4, 0.5) is 11.4 Å². The number of carbonyl (C=O) groups excluding carboxylic acids is 1. The standard InChI is InChI=1S/C16H16N2O/c1-12(19)18-16-10-6-14(7-11-16)3-2-13-4-8-15(17)9-5-13/h2-11H,17H2,1H3,(H,18,19). The highest BCUT2D eigenvalue weighted by atomic mass is 16.1. The van der Waals surface area contributed by atoms with Gasteiger partial charge in [0.15, 0.2) is 0 Å². The molecule has 2 rings (SSSR count). The summed E-state index contributed by atoms with van der Waals surface area (Å²) in [4.78, 5) is 10.9. The molecule has 2 aromatic carbocycles. The third-order valence-electron chi connectivity index (χ3n) is 2.64. The van der Waals surface area contributed by atoms with Crippen LogP contribution in [0.15, 0.2) is 48.5 Å². The molecule has 0 aliphatic carbocycles. The van der Waals surface area contributed by atoms with Gasteiger partial charge in [-0.3, -0.25) is 4.79 Å². The van der Waals surface area contributed by atoms with Gasteiger partial charge >= 0.3 is 0 Å². The van der Waals surface area contributed by atoms with Gasteiger partial charge in [0, 0.05) is 18.3 Å². The first-order chi connectivity index (χ1) is 9.13. The molecule has 96 valence electrons. The first-order valence-corrected chi connectivity index (χ1v) is 6.05. The fraction of sp³-hybridized carbons (Fsp3) is 0.0625. The Hall–Kier alpha value is -2.55. The number of nitrogen functional groups attached to an aromatic ring is 1. The van der Waals surface area contributed by atoms with Crippen LogP contribution >= 0.6 is 0 Å². The van der Waals surface area contributed by atoms with Gasteiger partial charge in [0.2, 0.25) is 5.91 Å². The molecule has 3 heteroatoms. The molecule has 0 heterocycles. The molecule has 19 heavy (non-hydrogen) atoms.